The molecule has 0 fully saturated rings. The molecule has 0 aliphatic heterocycles. The SMILES string of the molecule is CCn1ncnc1CCC(=O)C(C)C. The summed E-state index contributed by atoms with van der Waals surface area (Å²) in [6, 6.07) is 0. The Labute approximate surface area is 84.3 Å². The number of hydrogen-bond acceptors (Lipinski definition) is 3. The molecule has 0 aliphatic carbocycles. The van der Waals surface area contributed by atoms with Gasteiger partial charge in [0.1, 0.15) is 17.9 Å². The number of aromatic nitrogens is 3. The van der Waals surface area contributed by atoms with Crippen molar-refractivity contribution >= 4 is 5.78 Å². The summed E-state index contributed by atoms with van der Waals surface area (Å²) in [5.41, 5.74) is 0. The highest BCUT2D eigenvalue weighted by atomic mass is 16.1. The summed E-state index contributed by atoms with van der Waals surface area (Å²) in [6.45, 7) is 6.67. The predicted molar refractivity (Wildman–Crippen MR) is 53.9 cm³/mol. The molecule has 0 spiro atoms. The lowest BCUT2D eigenvalue weighted by atomic mass is 10.0. The zero-order valence-electron chi connectivity index (χ0n) is 9.03. The number of nitrogens with zero attached hydrogens (tertiary/aromatic N) is 3. The van der Waals surface area contributed by atoms with E-state index in [0.29, 0.717) is 12.8 Å². The summed E-state index contributed by atoms with van der Waals surface area (Å²) < 4.78 is 1.83. The van der Waals surface area contributed by atoms with Crippen LogP contribution in [-0.2, 0) is 17.8 Å². The van der Waals surface area contributed by atoms with Gasteiger partial charge in [-0.05, 0) is 6.92 Å². The Bertz CT molecular complexity index is 304. The smallest absolute Gasteiger partial charge is 0.138 e. The van der Waals surface area contributed by atoms with Gasteiger partial charge in [-0.25, -0.2) is 4.98 Å². The van der Waals surface area contributed by atoms with Crippen molar-refractivity contribution in [2.45, 2.75) is 40.2 Å². The summed E-state index contributed by atoms with van der Waals surface area (Å²) in [5, 5.41) is 4.05. The van der Waals surface area contributed by atoms with E-state index in [0.717, 1.165) is 12.4 Å². The van der Waals surface area contributed by atoms with Gasteiger partial charge in [0.15, 0.2) is 0 Å². The number of carbonyl (C=O) groups excluding carboxylic acids is 1. The summed E-state index contributed by atoms with van der Waals surface area (Å²) in [4.78, 5) is 15.5. The molecule has 0 atom stereocenters. The third kappa shape index (κ3) is 2.65. The van der Waals surface area contributed by atoms with Crippen LogP contribution in [-0.4, -0.2) is 20.5 Å². The van der Waals surface area contributed by atoms with E-state index in [1.54, 1.807) is 6.33 Å². The molecule has 0 aromatic carbocycles. The highest BCUT2D eigenvalue weighted by molar-refractivity contribution is 5.80. The molecule has 4 heteroatoms. The Morgan fingerprint density at radius 2 is 2.29 bits per heavy atom. The molecule has 14 heavy (non-hydrogen) atoms. The Kier molecular flexibility index (Phi) is 3.80. The lowest BCUT2D eigenvalue weighted by molar-refractivity contribution is -0.121. The predicted octanol–water partition coefficient (Wildman–Crippen LogP) is 1.46. The van der Waals surface area contributed by atoms with E-state index >= 15 is 0 Å². The largest absolute Gasteiger partial charge is 0.299 e. The molecular weight excluding hydrogens is 178 g/mol. The standard InChI is InChI=1S/C10H17N3O/c1-4-13-10(11-7-12-13)6-5-9(14)8(2)3/h7-8H,4-6H2,1-3H3. The van der Waals surface area contributed by atoms with Crippen molar-refractivity contribution in [3.05, 3.63) is 12.2 Å². The molecule has 0 unspecified atom stereocenters. The minimum Gasteiger partial charge on any atom is -0.299 e. The maximum absolute atomic E-state index is 11.4. The summed E-state index contributed by atoms with van der Waals surface area (Å²) in [7, 11) is 0. The normalized spacial score (nSPS) is 10.9. The topological polar surface area (TPSA) is 47.8 Å². The quantitative estimate of drug-likeness (QED) is 0.714. The minimum absolute atomic E-state index is 0.119. The fraction of sp³-hybridized carbons (Fsp3) is 0.700. The van der Waals surface area contributed by atoms with Crippen molar-refractivity contribution in [3.8, 4) is 0 Å². The van der Waals surface area contributed by atoms with Crippen LogP contribution in [0.15, 0.2) is 6.33 Å². The van der Waals surface area contributed by atoms with Crippen molar-refractivity contribution in [1.29, 1.82) is 0 Å². The van der Waals surface area contributed by atoms with Crippen LogP contribution in [0.2, 0.25) is 0 Å². The number of carbonyl (C=O) groups is 1. The van der Waals surface area contributed by atoms with E-state index in [4.69, 9.17) is 0 Å². The molecule has 0 aliphatic rings. The molecular formula is C10H17N3O. The summed E-state index contributed by atoms with van der Waals surface area (Å²) >= 11 is 0. The number of hydrogen-bond donors (Lipinski definition) is 0. The summed E-state index contributed by atoms with van der Waals surface area (Å²) in [6.07, 6.45) is 2.81. The van der Waals surface area contributed by atoms with Gasteiger partial charge < -0.3 is 0 Å². The Morgan fingerprint density at radius 3 is 2.86 bits per heavy atom. The van der Waals surface area contributed by atoms with E-state index in [2.05, 4.69) is 10.1 Å². The van der Waals surface area contributed by atoms with Crippen molar-refractivity contribution in [2.75, 3.05) is 0 Å². The van der Waals surface area contributed by atoms with Gasteiger partial charge in [0.2, 0.25) is 0 Å². The van der Waals surface area contributed by atoms with Crippen molar-refractivity contribution < 1.29 is 4.79 Å². The minimum atomic E-state index is 0.119. The highest BCUT2D eigenvalue weighted by Gasteiger charge is 2.09. The van der Waals surface area contributed by atoms with E-state index < -0.39 is 0 Å². The van der Waals surface area contributed by atoms with Gasteiger partial charge >= 0.3 is 0 Å². The molecule has 4 nitrogen and oxygen atoms in total. The fourth-order valence-electron chi connectivity index (χ4n) is 1.27. The zero-order valence-corrected chi connectivity index (χ0v) is 9.03. The lowest BCUT2D eigenvalue weighted by Crippen LogP contribution is -2.11. The first-order valence-electron chi connectivity index (χ1n) is 5.04. The number of Topliss-reactive ketones (excluding diaryl/α,β-unsaturated/α-hetero) is 1. The fourth-order valence-corrected chi connectivity index (χ4v) is 1.27. The molecule has 78 valence electrons. The second kappa shape index (κ2) is 4.88. The number of rotatable bonds is 5. The number of aryl methyl sites for hydroxylation is 2. The van der Waals surface area contributed by atoms with Gasteiger partial charge in [-0.15, -0.1) is 0 Å². The molecule has 0 bridgehead atoms. The second-order valence-corrected chi connectivity index (χ2v) is 3.61. The van der Waals surface area contributed by atoms with Crippen LogP contribution in [0.1, 0.15) is 33.0 Å². The molecule has 0 N–H and O–H groups in total. The Balaban J connectivity index is 2.49. The van der Waals surface area contributed by atoms with Crippen LogP contribution in [0.4, 0.5) is 0 Å². The average molecular weight is 195 g/mol. The van der Waals surface area contributed by atoms with Gasteiger partial charge in [0.05, 0.1) is 0 Å². The third-order valence-electron chi connectivity index (χ3n) is 2.23. The Hall–Kier alpha value is -1.19. The molecule has 0 amide bonds. The molecule has 1 aromatic heterocycles. The van der Waals surface area contributed by atoms with Crippen LogP contribution in [0, 0.1) is 5.92 Å². The van der Waals surface area contributed by atoms with Gasteiger partial charge in [-0.3, -0.25) is 9.48 Å². The van der Waals surface area contributed by atoms with Crippen LogP contribution in [0.5, 0.6) is 0 Å². The average Bonchev–Trinajstić information content (AvgIpc) is 2.60. The maximum atomic E-state index is 11.4. The van der Waals surface area contributed by atoms with Crippen LogP contribution >= 0.6 is 0 Å². The van der Waals surface area contributed by atoms with Gasteiger partial charge in [0, 0.05) is 25.3 Å². The van der Waals surface area contributed by atoms with Crippen molar-refractivity contribution in [3.63, 3.8) is 0 Å². The molecule has 1 heterocycles. The van der Waals surface area contributed by atoms with Crippen molar-refractivity contribution in [2.24, 2.45) is 5.92 Å². The highest BCUT2D eigenvalue weighted by Crippen LogP contribution is 2.04. The lowest BCUT2D eigenvalue weighted by Gasteiger charge is -2.04. The first-order valence-corrected chi connectivity index (χ1v) is 5.04. The van der Waals surface area contributed by atoms with Gasteiger partial charge in [0.25, 0.3) is 0 Å². The first-order chi connectivity index (χ1) is 6.65. The summed E-state index contributed by atoms with van der Waals surface area (Å²) in [5.74, 6) is 1.31. The van der Waals surface area contributed by atoms with Gasteiger partial charge in [-0.2, -0.15) is 5.10 Å². The molecule has 0 saturated carbocycles. The zero-order chi connectivity index (χ0) is 10.6. The van der Waals surface area contributed by atoms with Gasteiger partial charge in [-0.1, -0.05) is 13.8 Å². The van der Waals surface area contributed by atoms with Crippen LogP contribution in [0.3, 0.4) is 0 Å². The van der Waals surface area contributed by atoms with E-state index in [9.17, 15) is 4.79 Å². The molecule has 0 radical (unpaired) electrons. The van der Waals surface area contributed by atoms with E-state index in [1.807, 2.05) is 25.5 Å². The second-order valence-electron chi connectivity index (χ2n) is 3.61. The maximum Gasteiger partial charge on any atom is 0.138 e. The number of ketones is 1. The van der Waals surface area contributed by atoms with Crippen LogP contribution < -0.4 is 0 Å². The molecule has 0 saturated heterocycles. The van der Waals surface area contributed by atoms with E-state index in [-0.39, 0.29) is 11.7 Å². The monoisotopic (exact) mass is 195 g/mol. The third-order valence-corrected chi connectivity index (χ3v) is 2.23. The first kappa shape index (κ1) is 10.9. The molecule has 1 aromatic rings. The Morgan fingerprint density at radius 1 is 1.57 bits per heavy atom. The van der Waals surface area contributed by atoms with Crippen molar-refractivity contribution in [1.82, 2.24) is 14.8 Å². The molecule has 1 rings (SSSR count). The van der Waals surface area contributed by atoms with Crippen LogP contribution in [0.25, 0.3) is 0 Å². The van der Waals surface area contributed by atoms with E-state index in [1.165, 1.54) is 0 Å².